The summed E-state index contributed by atoms with van der Waals surface area (Å²) in [6.45, 7) is 3.02. The minimum atomic E-state index is -2.58. The zero-order valence-corrected chi connectivity index (χ0v) is 13.5. The van der Waals surface area contributed by atoms with Crippen LogP contribution in [0.2, 0.25) is 0 Å². The molecule has 124 valence electrons. The minimum absolute atomic E-state index is 0.195. The number of ether oxygens (including phenoxy) is 1. The number of rotatable bonds is 6. The van der Waals surface area contributed by atoms with Crippen LogP contribution in [0.1, 0.15) is 22.9 Å². The number of hydrogen-bond acceptors (Lipinski definition) is 4. The molecule has 0 fully saturated rings. The Bertz CT molecular complexity index is 664. The number of para-hydroxylation sites is 2. The molecule has 1 aromatic heterocycles. The van der Waals surface area contributed by atoms with E-state index in [4.69, 9.17) is 4.74 Å². The molecule has 0 aliphatic heterocycles. The molecule has 0 bridgehead atoms. The number of carbonyl (C=O) groups is 1. The molecule has 2 rings (SSSR count). The largest absolute Gasteiger partial charge is 0.485 e. The van der Waals surface area contributed by atoms with E-state index in [1.54, 1.807) is 24.4 Å². The Morgan fingerprint density at radius 1 is 1.39 bits per heavy atom. The van der Waals surface area contributed by atoms with Crippen LogP contribution < -0.4 is 15.4 Å². The second-order valence-corrected chi connectivity index (χ2v) is 6.09. The van der Waals surface area contributed by atoms with E-state index < -0.39 is 19.1 Å². The second-order valence-electron chi connectivity index (χ2n) is 4.83. The highest BCUT2D eigenvalue weighted by atomic mass is 32.1. The van der Waals surface area contributed by atoms with E-state index in [1.807, 2.05) is 13.8 Å². The van der Waals surface area contributed by atoms with Crippen molar-refractivity contribution >= 4 is 23.1 Å². The van der Waals surface area contributed by atoms with Gasteiger partial charge in [0.1, 0.15) is 17.4 Å². The number of aryl methyl sites for hydroxylation is 1. The van der Waals surface area contributed by atoms with Crippen LogP contribution in [0.15, 0.2) is 30.5 Å². The normalized spacial score (nSPS) is 12.0. The summed E-state index contributed by atoms with van der Waals surface area (Å²) >= 11 is 1.50. The van der Waals surface area contributed by atoms with Crippen molar-refractivity contribution in [3.63, 3.8) is 0 Å². The third kappa shape index (κ3) is 5.17. The quantitative estimate of drug-likeness (QED) is 0.835. The molecule has 2 N–H and O–H groups in total. The number of nitrogens with zero attached hydrogens (tertiary/aromatic N) is 1. The van der Waals surface area contributed by atoms with Gasteiger partial charge in [-0.15, -0.1) is 11.3 Å². The third-order valence-corrected chi connectivity index (χ3v) is 3.95. The van der Waals surface area contributed by atoms with Gasteiger partial charge in [0.15, 0.2) is 0 Å². The summed E-state index contributed by atoms with van der Waals surface area (Å²) in [5, 5.41) is 6.13. The van der Waals surface area contributed by atoms with Crippen LogP contribution in [-0.2, 0) is 0 Å². The van der Waals surface area contributed by atoms with Crippen molar-refractivity contribution in [3.05, 3.63) is 40.3 Å². The number of amides is 2. The molecular formula is C15H17F2N3O2S. The van der Waals surface area contributed by atoms with Crippen LogP contribution in [0.5, 0.6) is 5.75 Å². The lowest BCUT2D eigenvalue weighted by molar-refractivity contribution is 0.0823. The molecule has 2 aromatic rings. The molecule has 1 unspecified atom stereocenters. The van der Waals surface area contributed by atoms with Crippen molar-refractivity contribution in [2.24, 2.45) is 0 Å². The lowest BCUT2D eigenvalue weighted by Crippen LogP contribution is -2.31. The molecule has 0 saturated carbocycles. The summed E-state index contributed by atoms with van der Waals surface area (Å²) in [5.74, 6) is 0.195. The third-order valence-electron chi connectivity index (χ3n) is 2.86. The molecule has 8 heteroatoms. The predicted octanol–water partition coefficient (Wildman–Crippen LogP) is 3.98. The molecule has 0 aliphatic rings. The number of aromatic nitrogens is 1. The topological polar surface area (TPSA) is 63.2 Å². The van der Waals surface area contributed by atoms with E-state index in [0.717, 1.165) is 9.88 Å². The van der Waals surface area contributed by atoms with Crippen molar-refractivity contribution in [3.8, 4) is 5.75 Å². The number of benzene rings is 1. The molecule has 0 aliphatic carbocycles. The zero-order chi connectivity index (χ0) is 16.8. The molecule has 2 amide bonds. The highest BCUT2D eigenvalue weighted by Gasteiger charge is 2.14. The first-order valence-corrected chi connectivity index (χ1v) is 7.77. The second kappa shape index (κ2) is 7.87. The summed E-state index contributed by atoms with van der Waals surface area (Å²) in [6.07, 6.45) is -0.839. The van der Waals surface area contributed by atoms with Gasteiger partial charge >= 0.3 is 6.03 Å². The number of hydrogen-bond donors (Lipinski definition) is 2. The molecule has 0 spiro atoms. The smallest absolute Gasteiger partial charge is 0.319 e. The molecule has 5 nitrogen and oxygen atoms in total. The molecule has 0 radical (unpaired) electrons. The van der Waals surface area contributed by atoms with Crippen molar-refractivity contribution in [1.29, 1.82) is 0 Å². The van der Waals surface area contributed by atoms with Gasteiger partial charge in [0.2, 0.25) is 0 Å². The van der Waals surface area contributed by atoms with Gasteiger partial charge in [0.05, 0.1) is 11.7 Å². The van der Waals surface area contributed by atoms with Crippen LogP contribution in [0, 0.1) is 6.92 Å². The Balaban J connectivity index is 1.97. The van der Waals surface area contributed by atoms with E-state index in [1.165, 1.54) is 17.4 Å². The average molecular weight is 341 g/mol. The summed E-state index contributed by atoms with van der Waals surface area (Å²) in [5.41, 5.74) is 0.327. The Morgan fingerprint density at radius 2 is 2.13 bits per heavy atom. The molecule has 23 heavy (non-hydrogen) atoms. The molecule has 1 atom stereocenters. The summed E-state index contributed by atoms with van der Waals surface area (Å²) in [7, 11) is 0. The first-order valence-electron chi connectivity index (χ1n) is 6.95. The van der Waals surface area contributed by atoms with Gasteiger partial charge in [0, 0.05) is 11.1 Å². The monoisotopic (exact) mass is 341 g/mol. The highest BCUT2D eigenvalue weighted by Crippen LogP contribution is 2.24. The van der Waals surface area contributed by atoms with E-state index in [2.05, 4.69) is 15.6 Å². The number of urea groups is 1. The first kappa shape index (κ1) is 17.1. The fourth-order valence-electron chi connectivity index (χ4n) is 1.84. The Labute approximate surface area is 136 Å². The standard InChI is InChI=1S/C15H17F2N3O2S/c1-9-7-18-14(23-9)10(2)19-15(21)20-11-5-3-4-6-12(11)22-8-13(16)17/h3-7,10,13H,8H2,1-2H3,(H2,19,20,21). The fourth-order valence-corrected chi connectivity index (χ4v) is 2.61. The Morgan fingerprint density at radius 3 is 2.78 bits per heavy atom. The summed E-state index contributed by atoms with van der Waals surface area (Å²) in [6, 6.07) is 5.70. The maximum absolute atomic E-state index is 12.2. The Hall–Kier alpha value is -2.22. The van der Waals surface area contributed by atoms with E-state index >= 15 is 0 Å². The van der Waals surface area contributed by atoms with E-state index in [-0.39, 0.29) is 11.8 Å². The molecule has 1 aromatic carbocycles. The van der Waals surface area contributed by atoms with Crippen LogP contribution >= 0.6 is 11.3 Å². The number of thiazole rings is 1. The van der Waals surface area contributed by atoms with Gasteiger partial charge in [-0.2, -0.15) is 0 Å². The molecule has 1 heterocycles. The predicted molar refractivity (Wildman–Crippen MR) is 85.4 cm³/mol. The number of nitrogens with one attached hydrogen (secondary N) is 2. The van der Waals surface area contributed by atoms with Crippen molar-refractivity contribution in [2.75, 3.05) is 11.9 Å². The number of halogens is 2. The maximum Gasteiger partial charge on any atom is 0.319 e. The molecule has 0 saturated heterocycles. The summed E-state index contributed by atoms with van der Waals surface area (Å²) in [4.78, 5) is 17.3. The van der Waals surface area contributed by atoms with E-state index in [0.29, 0.717) is 5.69 Å². The minimum Gasteiger partial charge on any atom is -0.485 e. The van der Waals surface area contributed by atoms with Gasteiger partial charge in [-0.3, -0.25) is 0 Å². The number of anilines is 1. The SMILES string of the molecule is Cc1cnc(C(C)NC(=O)Nc2ccccc2OCC(F)F)s1. The molecular weight excluding hydrogens is 324 g/mol. The highest BCUT2D eigenvalue weighted by molar-refractivity contribution is 7.11. The lowest BCUT2D eigenvalue weighted by Gasteiger charge is -2.15. The van der Waals surface area contributed by atoms with Crippen LogP contribution in [0.3, 0.4) is 0 Å². The van der Waals surface area contributed by atoms with Crippen LogP contribution in [0.25, 0.3) is 0 Å². The first-order chi connectivity index (χ1) is 11.0. The van der Waals surface area contributed by atoms with Crippen LogP contribution in [0.4, 0.5) is 19.3 Å². The maximum atomic E-state index is 12.2. The number of carbonyl (C=O) groups excluding carboxylic acids is 1. The number of alkyl halides is 2. The van der Waals surface area contributed by atoms with Gasteiger partial charge < -0.3 is 15.4 Å². The van der Waals surface area contributed by atoms with E-state index in [9.17, 15) is 13.6 Å². The Kier molecular flexibility index (Phi) is 5.86. The van der Waals surface area contributed by atoms with Gasteiger partial charge in [-0.25, -0.2) is 18.6 Å². The van der Waals surface area contributed by atoms with Crippen LogP contribution in [-0.4, -0.2) is 24.0 Å². The fraction of sp³-hybridized carbons (Fsp3) is 0.333. The average Bonchev–Trinajstić information content (AvgIpc) is 2.93. The van der Waals surface area contributed by atoms with Crippen molar-refractivity contribution in [1.82, 2.24) is 10.3 Å². The van der Waals surface area contributed by atoms with Gasteiger partial charge in [-0.05, 0) is 26.0 Å². The lowest BCUT2D eigenvalue weighted by atomic mass is 10.3. The van der Waals surface area contributed by atoms with Gasteiger partial charge in [-0.1, -0.05) is 12.1 Å². The van der Waals surface area contributed by atoms with Gasteiger partial charge in [0.25, 0.3) is 6.43 Å². The van der Waals surface area contributed by atoms with Crippen molar-refractivity contribution < 1.29 is 18.3 Å². The summed E-state index contributed by atoms with van der Waals surface area (Å²) < 4.78 is 29.5. The van der Waals surface area contributed by atoms with Crippen molar-refractivity contribution in [2.45, 2.75) is 26.3 Å². The zero-order valence-electron chi connectivity index (χ0n) is 12.7.